The molecule has 15 heavy (non-hydrogen) atoms. The molecule has 3 unspecified atom stereocenters. The molecule has 2 heterocycles. The fourth-order valence-electron chi connectivity index (χ4n) is 2.74. The molecule has 2 aliphatic rings. The summed E-state index contributed by atoms with van der Waals surface area (Å²) in [6.07, 6.45) is 5.23. The average molecular weight is 212 g/mol. The molecule has 2 saturated heterocycles. The predicted molar refractivity (Wildman–Crippen MR) is 61.8 cm³/mol. The maximum absolute atomic E-state index is 6.25. The first-order chi connectivity index (χ1) is 7.27. The molecule has 88 valence electrons. The Morgan fingerprint density at radius 1 is 1.40 bits per heavy atom. The van der Waals surface area contributed by atoms with Gasteiger partial charge in [0.1, 0.15) is 0 Å². The third-order valence-corrected chi connectivity index (χ3v) is 3.96. The molecular formula is C12H24N2O. The zero-order valence-electron chi connectivity index (χ0n) is 9.82. The Morgan fingerprint density at radius 2 is 2.27 bits per heavy atom. The van der Waals surface area contributed by atoms with Crippen molar-refractivity contribution < 1.29 is 4.74 Å². The Kier molecular flexibility index (Phi) is 4.00. The van der Waals surface area contributed by atoms with Gasteiger partial charge in [0, 0.05) is 31.2 Å². The Hall–Kier alpha value is -0.120. The van der Waals surface area contributed by atoms with Crippen LogP contribution in [0.2, 0.25) is 0 Å². The van der Waals surface area contributed by atoms with Crippen LogP contribution >= 0.6 is 0 Å². The lowest BCUT2D eigenvalue weighted by Gasteiger charge is -2.36. The molecule has 0 aliphatic carbocycles. The lowest BCUT2D eigenvalue weighted by molar-refractivity contribution is 0.130. The minimum absolute atomic E-state index is 0.313. The van der Waals surface area contributed by atoms with Gasteiger partial charge in [0.05, 0.1) is 6.61 Å². The molecule has 2 fully saturated rings. The standard InChI is InChI=1S/C12H24N2O/c1-10-4-2-3-6-14(10)8-12(13)11-5-7-15-9-11/h10-12H,2-9,13H2,1H3. The molecule has 0 aromatic rings. The lowest BCUT2D eigenvalue weighted by atomic mass is 9.97. The molecule has 0 aromatic carbocycles. The van der Waals surface area contributed by atoms with E-state index in [1.807, 2.05) is 0 Å². The van der Waals surface area contributed by atoms with E-state index in [9.17, 15) is 0 Å². The largest absolute Gasteiger partial charge is 0.381 e. The van der Waals surface area contributed by atoms with Crippen LogP contribution in [0.15, 0.2) is 0 Å². The van der Waals surface area contributed by atoms with Crippen molar-refractivity contribution in [3.05, 3.63) is 0 Å². The van der Waals surface area contributed by atoms with Gasteiger partial charge in [0.25, 0.3) is 0 Å². The summed E-state index contributed by atoms with van der Waals surface area (Å²) in [7, 11) is 0. The SMILES string of the molecule is CC1CCCCN1CC(N)C1CCOC1. The van der Waals surface area contributed by atoms with E-state index in [-0.39, 0.29) is 0 Å². The number of piperidine rings is 1. The second-order valence-corrected chi connectivity index (χ2v) is 5.13. The highest BCUT2D eigenvalue weighted by molar-refractivity contribution is 4.82. The first kappa shape index (κ1) is 11.4. The Balaban J connectivity index is 1.78. The van der Waals surface area contributed by atoms with E-state index in [0.717, 1.165) is 32.2 Å². The molecule has 3 heteroatoms. The van der Waals surface area contributed by atoms with E-state index in [1.54, 1.807) is 0 Å². The van der Waals surface area contributed by atoms with E-state index in [0.29, 0.717) is 12.0 Å². The van der Waals surface area contributed by atoms with Crippen molar-refractivity contribution in [2.24, 2.45) is 11.7 Å². The van der Waals surface area contributed by atoms with Crippen molar-refractivity contribution in [3.8, 4) is 0 Å². The topological polar surface area (TPSA) is 38.5 Å². The highest BCUT2D eigenvalue weighted by Gasteiger charge is 2.27. The Labute approximate surface area is 93.0 Å². The zero-order valence-corrected chi connectivity index (χ0v) is 9.82. The molecule has 0 radical (unpaired) electrons. The highest BCUT2D eigenvalue weighted by atomic mass is 16.5. The van der Waals surface area contributed by atoms with Gasteiger partial charge in [-0.2, -0.15) is 0 Å². The number of likely N-dealkylation sites (tertiary alicyclic amines) is 1. The van der Waals surface area contributed by atoms with Gasteiger partial charge in [-0.1, -0.05) is 6.42 Å². The van der Waals surface area contributed by atoms with Crippen LogP contribution in [0.3, 0.4) is 0 Å². The second kappa shape index (κ2) is 5.28. The Morgan fingerprint density at radius 3 is 2.93 bits per heavy atom. The van der Waals surface area contributed by atoms with Crippen LogP contribution in [0, 0.1) is 5.92 Å². The van der Waals surface area contributed by atoms with E-state index in [2.05, 4.69) is 11.8 Å². The number of nitrogens with zero attached hydrogens (tertiary/aromatic N) is 1. The van der Waals surface area contributed by atoms with Crippen LogP contribution in [-0.4, -0.2) is 43.3 Å². The summed E-state index contributed by atoms with van der Waals surface area (Å²) in [4.78, 5) is 2.56. The molecule has 2 N–H and O–H groups in total. The number of hydrogen-bond acceptors (Lipinski definition) is 3. The highest BCUT2D eigenvalue weighted by Crippen LogP contribution is 2.20. The van der Waals surface area contributed by atoms with Crippen molar-refractivity contribution in [1.29, 1.82) is 0 Å². The molecule has 2 rings (SSSR count). The zero-order chi connectivity index (χ0) is 10.7. The van der Waals surface area contributed by atoms with Crippen LogP contribution in [0.25, 0.3) is 0 Å². The quantitative estimate of drug-likeness (QED) is 0.764. The summed E-state index contributed by atoms with van der Waals surface area (Å²) in [5.41, 5.74) is 6.25. The fourth-order valence-corrected chi connectivity index (χ4v) is 2.74. The van der Waals surface area contributed by atoms with Gasteiger partial charge < -0.3 is 10.5 Å². The van der Waals surface area contributed by atoms with Gasteiger partial charge in [-0.05, 0) is 32.7 Å². The van der Waals surface area contributed by atoms with Gasteiger partial charge in [-0.15, -0.1) is 0 Å². The van der Waals surface area contributed by atoms with Gasteiger partial charge in [-0.3, -0.25) is 4.90 Å². The third kappa shape index (κ3) is 2.92. The number of nitrogens with two attached hydrogens (primary N) is 1. The third-order valence-electron chi connectivity index (χ3n) is 3.96. The number of ether oxygens (including phenoxy) is 1. The average Bonchev–Trinajstić information content (AvgIpc) is 2.74. The van der Waals surface area contributed by atoms with Crippen LogP contribution in [0.5, 0.6) is 0 Å². The van der Waals surface area contributed by atoms with Gasteiger partial charge in [0.15, 0.2) is 0 Å². The molecular weight excluding hydrogens is 188 g/mol. The maximum atomic E-state index is 6.25. The summed E-state index contributed by atoms with van der Waals surface area (Å²) >= 11 is 0. The summed E-state index contributed by atoms with van der Waals surface area (Å²) in [5, 5.41) is 0. The van der Waals surface area contributed by atoms with E-state index in [1.165, 1.54) is 25.8 Å². The molecule has 0 bridgehead atoms. The second-order valence-electron chi connectivity index (χ2n) is 5.13. The molecule has 0 aromatic heterocycles. The molecule has 0 saturated carbocycles. The minimum atomic E-state index is 0.313. The molecule has 0 amide bonds. The molecule has 0 spiro atoms. The normalized spacial score (nSPS) is 35.6. The van der Waals surface area contributed by atoms with E-state index < -0.39 is 0 Å². The maximum Gasteiger partial charge on any atom is 0.0510 e. The molecule has 2 aliphatic heterocycles. The predicted octanol–water partition coefficient (Wildman–Crippen LogP) is 1.22. The number of rotatable bonds is 3. The molecule has 3 atom stereocenters. The van der Waals surface area contributed by atoms with Crippen LogP contribution in [0.4, 0.5) is 0 Å². The summed E-state index contributed by atoms with van der Waals surface area (Å²) < 4.78 is 5.40. The smallest absolute Gasteiger partial charge is 0.0510 e. The van der Waals surface area contributed by atoms with Crippen LogP contribution in [-0.2, 0) is 4.74 Å². The van der Waals surface area contributed by atoms with Crippen LogP contribution in [0.1, 0.15) is 32.6 Å². The first-order valence-electron chi connectivity index (χ1n) is 6.35. The molecule has 3 nitrogen and oxygen atoms in total. The first-order valence-corrected chi connectivity index (χ1v) is 6.35. The van der Waals surface area contributed by atoms with Crippen molar-refractivity contribution in [2.75, 3.05) is 26.3 Å². The Bertz CT molecular complexity index is 192. The van der Waals surface area contributed by atoms with E-state index in [4.69, 9.17) is 10.5 Å². The van der Waals surface area contributed by atoms with E-state index >= 15 is 0 Å². The van der Waals surface area contributed by atoms with Gasteiger partial charge in [-0.25, -0.2) is 0 Å². The monoisotopic (exact) mass is 212 g/mol. The number of hydrogen-bond donors (Lipinski definition) is 1. The van der Waals surface area contributed by atoms with Crippen molar-refractivity contribution in [2.45, 2.75) is 44.7 Å². The van der Waals surface area contributed by atoms with Crippen molar-refractivity contribution >= 4 is 0 Å². The van der Waals surface area contributed by atoms with Gasteiger partial charge in [0.2, 0.25) is 0 Å². The summed E-state index contributed by atoms with van der Waals surface area (Å²) in [6, 6.07) is 1.04. The van der Waals surface area contributed by atoms with Crippen molar-refractivity contribution in [1.82, 2.24) is 4.90 Å². The lowest BCUT2D eigenvalue weighted by Crippen LogP contribution is -2.47. The summed E-state index contributed by atoms with van der Waals surface area (Å²) in [5.74, 6) is 0.596. The fraction of sp³-hybridized carbons (Fsp3) is 1.00. The van der Waals surface area contributed by atoms with Crippen LogP contribution < -0.4 is 5.73 Å². The summed E-state index contributed by atoms with van der Waals surface area (Å²) in [6.45, 7) is 6.42. The van der Waals surface area contributed by atoms with Gasteiger partial charge >= 0.3 is 0 Å². The van der Waals surface area contributed by atoms with Crippen molar-refractivity contribution in [3.63, 3.8) is 0 Å². The minimum Gasteiger partial charge on any atom is -0.381 e.